The Morgan fingerprint density at radius 3 is 1.83 bits per heavy atom. The Hall–Kier alpha value is -0.370. The van der Waals surface area contributed by atoms with Crippen molar-refractivity contribution in [1.29, 1.82) is 5.41 Å². The molecule has 74 valence electrons. The molecule has 0 spiro atoms. The van der Waals surface area contributed by atoms with Crippen molar-refractivity contribution in [1.82, 2.24) is 4.90 Å². The smallest absolute Gasteiger partial charge is 0.0861 e. The number of rotatable bonds is 3. The highest BCUT2D eigenvalue weighted by Gasteiger charge is 1.79. The Labute approximate surface area is 81.8 Å². The number of aliphatic imine (C=N–C) groups is 1. The van der Waals surface area contributed by atoms with Gasteiger partial charge in [0.2, 0.25) is 0 Å². The summed E-state index contributed by atoms with van der Waals surface area (Å²) in [4.78, 5) is 5.57. The van der Waals surface area contributed by atoms with Gasteiger partial charge in [-0.3, -0.25) is 0 Å². The first-order valence-corrected chi connectivity index (χ1v) is 3.91. The monoisotopic (exact) mass is 193 g/mol. The van der Waals surface area contributed by atoms with E-state index in [0.29, 0.717) is 6.54 Å². The Morgan fingerprint density at radius 1 is 1.33 bits per heavy atom. The lowest BCUT2D eigenvalue weighted by molar-refractivity contribution is 0.408. The molecular weight excluding hydrogens is 174 g/mol. The molecule has 0 aromatic carbocycles. The molecule has 0 aliphatic heterocycles. The molecule has 0 amide bonds. The van der Waals surface area contributed by atoms with Crippen molar-refractivity contribution < 1.29 is 0 Å². The molecule has 0 radical (unpaired) electrons. The second kappa shape index (κ2) is 16.9. The maximum Gasteiger partial charge on any atom is 0.0861 e. The molecule has 0 aromatic rings. The quantitative estimate of drug-likeness (QED) is 0.686. The summed E-state index contributed by atoms with van der Waals surface area (Å²) < 4.78 is 0. The molecule has 3 nitrogen and oxygen atoms in total. The lowest BCUT2D eigenvalue weighted by Gasteiger charge is -2.03. The predicted molar refractivity (Wildman–Crippen MR) is 56.8 cm³/mol. The lowest BCUT2D eigenvalue weighted by Crippen LogP contribution is -2.11. The van der Waals surface area contributed by atoms with Crippen molar-refractivity contribution in [3.05, 3.63) is 0 Å². The van der Waals surface area contributed by atoms with Crippen LogP contribution in [0.2, 0.25) is 0 Å². The fourth-order valence-corrected chi connectivity index (χ4v) is 0.526. The molecule has 12 heavy (non-hydrogen) atoms. The molecule has 1 N–H and O–H groups in total. The standard InChI is InChI=1S/C5H13N.C3H6N2.ClH/c1-4-5-6(2)3;1-2-5-3-4;/h4-5H2,1-3H3;4H,2H2,1H3;1H. The van der Waals surface area contributed by atoms with Crippen LogP contribution in [0, 0.1) is 5.41 Å². The first-order chi connectivity index (χ1) is 5.18. The average Bonchev–Trinajstić information content (AvgIpc) is 1.90. The van der Waals surface area contributed by atoms with Gasteiger partial charge in [-0.1, -0.05) is 6.92 Å². The fraction of sp³-hybridized carbons (Fsp3) is 0.875. The van der Waals surface area contributed by atoms with Crippen LogP contribution in [0.15, 0.2) is 4.99 Å². The Kier molecular flexibility index (Phi) is 24.9. The van der Waals surface area contributed by atoms with Gasteiger partial charge in [-0.05, 0) is 34.0 Å². The van der Waals surface area contributed by atoms with Gasteiger partial charge in [0.1, 0.15) is 0 Å². The molecule has 0 bridgehead atoms. The van der Waals surface area contributed by atoms with Gasteiger partial charge >= 0.3 is 0 Å². The SMILES string of the molecule is CCCN(C)C.CCN=C=N.Cl. The van der Waals surface area contributed by atoms with Crippen molar-refractivity contribution in [2.45, 2.75) is 20.3 Å². The summed E-state index contributed by atoms with van der Waals surface area (Å²) in [7, 11) is 4.17. The zero-order valence-electron chi connectivity index (χ0n) is 8.42. The topological polar surface area (TPSA) is 39.5 Å². The van der Waals surface area contributed by atoms with E-state index >= 15 is 0 Å². The molecule has 0 unspecified atom stereocenters. The van der Waals surface area contributed by atoms with E-state index in [4.69, 9.17) is 5.41 Å². The number of nitrogens with zero attached hydrogens (tertiary/aromatic N) is 2. The van der Waals surface area contributed by atoms with E-state index < -0.39 is 0 Å². The molecule has 0 fully saturated rings. The third kappa shape index (κ3) is 33.5. The van der Waals surface area contributed by atoms with E-state index in [1.165, 1.54) is 13.0 Å². The molecule has 4 heteroatoms. The van der Waals surface area contributed by atoms with Crippen molar-refractivity contribution in [3.63, 3.8) is 0 Å². The van der Waals surface area contributed by atoms with Gasteiger partial charge in [0.05, 0.1) is 6.01 Å². The van der Waals surface area contributed by atoms with Crippen LogP contribution in [-0.4, -0.2) is 38.1 Å². The van der Waals surface area contributed by atoms with E-state index in [1.807, 2.05) is 12.9 Å². The van der Waals surface area contributed by atoms with Crippen molar-refractivity contribution >= 4 is 18.4 Å². The summed E-state index contributed by atoms with van der Waals surface area (Å²) in [5.41, 5.74) is 0. The minimum atomic E-state index is 0. The number of halogens is 1. The van der Waals surface area contributed by atoms with E-state index in [1.54, 1.807) is 0 Å². The van der Waals surface area contributed by atoms with Crippen LogP contribution in [0.5, 0.6) is 0 Å². The summed E-state index contributed by atoms with van der Waals surface area (Å²) in [6, 6.07) is 1.89. The highest BCUT2D eigenvalue weighted by atomic mass is 35.5. The molecule has 0 aromatic heterocycles. The highest BCUT2D eigenvalue weighted by Crippen LogP contribution is 1.76. The zero-order valence-corrected chi connectivity index (χ0v) is 9.24. The Balaban J connectivity index is -0.000000126. The molecular formula is C8H20ClN3. The zero-order chi connectivity index (χ0) is 9.11. The largest absolute Gasteiger partial charge is 0.309 e. The fourth-order valence-electron chi connectivity index (χ4n) is 0.526. The van der Waals surface area contributed by atoms with Gasteiger partial charge < -0.3 is 4.90 Å². The molecule has 0 atom stereocenters. The van der Waals surface area contributed by atoms with Gasteiger partial charge in [-0.15, -0.1) is 12.4 Å². The van der Waals surface area contributed by atoms with Crippen LogP contribution in [0.25, 0.3) is 0 Å². The van der Waals surface area contributed by atoms with E-state index in [0.717, 1.165) is 0 Å². The maximum atomic E-state index is 6.19. The van der Waals surface area contributed by atoms with E-state index in [9.17, 15) is 0 Å². The third-order valence-corrected chi connectivity index (χ3v) is 0.908. The highest BCUT2D eigenvalue weighted by molar-refractivity contribution is 5.85. The lowest BCUT2D eigenvalue weighted by atomic mass is 10.5. The number of nitrogens with one attached hydrogen (secondary N) is 1. The summed E-state index contributed by atoms with van der Waals surface area (Å²) >= 11 is 0. The summed E-state index contributed by atoms with van der Waals surface area (Å²) in [6.45, 7) is 5.92. The maximum absolute atomic E-state index is 6.19. The van der Waals surface area contributed by atoms with Crippen LogP contribution in [0.4, 0.5) is 0 Å². The van der Waals surface area contributed by atoms with Crippen molar-refractivity contribution in [3.8, 4) is 0 Å². The molecule has 0 saturated heterocycles. The summed E-state index contributed by atoms with van der Waals surface area (Å²) in [6.07, 6.45) is 1.26. The second-order valence-corrected chi connectivity index (χ2v) is 2.39. The van der Waals surface area contributed by atoms with Crippen LogP contribution in [0.1, 0.15) is 20.3 Å². The van der Waals surface area contributed by atoms with E-state index in [-0.39, 0.29) is 12.4 Å². The van der Waals surface area contributed by atoms with Gasteiger partial charge in [-0.25, -0.2) is 10.4 Å². The Bertz CT molecular complexity index is 109. The average molecular weight is 194 g/mol. The molecule has 0 saturated carbocycles. The van der Waals surface area contributed by atoms with Crippen LogP contribution >= 0.6 is 12.4 Å². The second-order valence-electron chi connectivity index (χ2n) is 2.39. The predicted octanol–water partition coefficient (Wildman–Crippen LogP) is 2.14. The van der Waals surface area contributed by atoms with Crippen LogP contribution in [-0.2, 0) is 0 Å². The van der Waals surface area contributed by atoms with Gasteiger partial charge in [-0.2, -0.15) is 0 Å². The normalized spacial score (nSPS) is 7.42. The van der Waals surface area contributed by atoms with Gasteiger partial charge in [0, 0.05) is 6.54 Å². The molecule has 0 aliphatic rings. The van der Waals surface area contributed by atoms with E-state index in [2.05, 4.69) is 30.9 Å². The summed E-state index contributed by atoms with van der Waals surface area (Å²) in [5, 5.41) is 6.19. The first-order valence-electron chi connectivity index (χ1n) is 3.91. The van der Waals surface area contributed by atoms with Gasteiger partial charge in [0.15, 0.2) is 0 Å². The van der Waals surface area contributed by atoms with Gasteiger partial charge in [0.25, 0.3) is 0 Å². The van der Waals surface area contributed by atoms with Crippen molar-refractivity contribution in [2.24, 2.45) is 4.99 Å². The molecule has 0 aliphatic carbocycles. The minimum absolute atomic E-state index is 0. The summed E-state index contributed by atoms with van der Waals surface area (Å²) in [5.74, 6) is 0. The first kappa shape index (κ1) is 17.6. The molecule has 0 heterocycles. The van der Waals surface area contributed by atoms with Crippen LogP contribution in [0.3, 0.4) is 0 Å². The van der Waals surface area contributed by atoms with Crippen molar-refractivity contribution in [2.75, 3.05) is 27.2 Å². The number of hydrogen-bond donors (Lipinski definition) is 1. The minimum Gasteiger partial charge on any atom is -0.309 e. The number of hydrogen-bond acceptors (Lipinski definition) is 3. The molecule has 0 rings (SSSR count). The third-order valence-electron chi connectivity index (χ3n) is 0.908. The van der Waals surface area contributed by atoms with Crippen LogP contribution < -0.4 is 0 Å². The Morgan fingerprint density at radius 2 is 1.83 bits per heavy atom.